The molecule has 0 radical (unpaired) electrons. The van der Waals surface area contributed by atoms with Crippen molar-refractivity contribution in [3.05, 3.63) is 28.5 Å². The fourth-order valence-corrected chi connectivity index (χ4v) is 2.54. The normalized spacial score (nSPS) is 12.2. The zero-order valence-electron chi connectivity index (χ0n) is 10.6. The standard InChI is InChI=1S/C13H12N2O4S/c1-17-7-2-12(20-5-7)13(16)15-9-4-11-10(3-8(9)14)18-6-19-11/h2-5H,6,14H2,1H3,(H,15,16). The van der Waals surface area contributed by atoms with Crippen molar-refractivity contribution in [2.45, 2.75) is 0 Å². The van der Waals surface area contributed by atoms with Gasteiger partial charge in [-0.2, -0.15) is 0 Å². The van der Waals surface area contributed by atoms with Crippen LogP contribution < -0.4 is 25.3 Å². The molecule has 3 rings (SSSR count). The van der Waals surface area contributed by atoms with Gasteiger partial charge in [0.15, 0.2) is 11.5 Å². The van der Waals surface area contributed by atoms with Gasteiger partial charge in [0.1, 0.15) is 5.75 Å². The Labute approximate surface area is 119 Å². The number of hydrogen-bond acceptors (Lipinski definition) is 6. The zero-order chi connectivity index (χ0) is 14.1. The van der Waals surface area contributed by atoms with Gasteiger partial charge in [0.2, 0.25) is 6.79 Å². The predicted molar refractivity (Wildman–Crippen MR) is 75.8 cm³/mol. The topological polar surface area (TPSA) is 82.8 Å². The second-order valence-corrected chi connectivity index (χ2v) is 5.01. The van der Waals surface area contributed by atoms with Crippen LogP contribution in [-0.4, -0.2) is 19.8 Å². The first-order chi connectivity index (χ1) is 9.67. The molecule has 0 spiro atoms. The van der Waals surface area contributed by atoms with Crippen molar-refractivity contribution in [1.82, 2.24) is 0 Å². The molecule has 6 nitrogen and oxygen atoms in total. The number of rotatable bonds is 3. The molecule has 104 valence electrons. The lowest BCUT2D eigenvalue weighted by Gasteiger charge is -2.08. The van der Waals surface area contributed by atoms with Crippen LogP contribution in [0.2, 0.25) is 0 Å². The Hall–Kier alpha value is -2.41. The Balaban J connectivity index is 1.82. The van der Waals surface area contributed by atoms with Crippen molar-refractivity contribution in [2.75, 3.05) is 25.0 Å². The lowest BCUT2D eigenvalue weighted by molar-refractivity contribution is 0.103. The lowest BCUT2D eigenvalue weighted by Crippen LogP contribution is -2.11. The molecule has 2 aromatic rings. The molecule has 20 heavy (non-hydrogen) atoms. The molecule has 1 aliphatic rings. The summed E-state index contributed by atoms with van der Waals surface area (Å²) in [5.41, 5.74) is 6.79. The molecule has 1 aromatic carbocycles. The molecule has 7 heteroatoms. The number of carbonyl (C=O) groups is 1. The number of anilines is 2. The van der Waals surface area contributed by atoms with Crippen LogP contribution >= 0.6 is 11.3 Å². The maximum Gasteiger partial charge on any atom is 0.265 e. The highest BCUT2D eigenvalue weighted by Crippen LogP contribution is 2.38. The summed E-state index contributed by atoms with van der Waals surface area (Å²) >= 11 is 1.30. The average Bonchev–Trinajstić information content (AvgIpc) is 3.07. The number of amides is 1. The third kappa shape index (κ3) is 2.23. The minimum absolute atomic E-state index is 0.161. The Morgan fingerprint density at radius 2 is 2.10 bits per heavy atom. The molecule has 0 atom stereocenters. The Bertz CT molecular complexity index is 668. The van der Waals surface area contributed by atoms with Crippen molar-refractivity contribution in [1.29, 1.82) is 0 Å². The van der Waals surface area contributed by atoms with E-state index in [0.29, 0.717) is 33.5 Å². The molecule has 0 saturated carbocycles. The van der Waals surface area contributed by atoms with Gasteiger partial charge < -0.3 is 25.3 Å². The molecule has 0 fully saturated rings. The second-order valence-electron chi connectivity index (χ2n) is 4.10. The van der Waals surface area contributed by atoms with Crippen molar-refractivity contribution in [3.8, 4) is 17.2 Å². The number of nitrogens with two attached hydrogens (primary N) is 1. The number of carbonyl (C=O) groups excluding carboxylic acids is 1. The quantitative estimate of drug-likeness (QED) is 0.848. The predicted octanol–water partition coefficient (Wildman–Crippen LogP) is 2.32. The maximum atomic E-state index is 12.1. The minimum Gasteiger partial charge on any atom is -0.496 e. The minimum atomic E-state index is -0.246. The van der Waals surface area contributed by atoms with Crippen LogP contribution in [0.15, 0.2) is 23.6 Å². The van der Waals surface area contributed by atoms with Gasteiger partial charge in [-0.05, 0) is 0 Å². The molecule has 1 aromatic heterocycles. The fourth-order valence-electron chi connectivity index (χ4n) is 1.79. The average molecular weight is 292 g/mol. The van der Waals surface area contributed by atoms with Gasteiger partial charge in [0, 0.05) is 23.6 Å². The number of benzene rings is 1. The summed E-state index contributed by atoms with van der Waals surface area (Å²) in [4.78, 5) is 12.7. The molecule has 0 bridgehead atoms. The van der Waals surface area contributed by atoms with E-state index in [2.05, 4.69) is 5.32 Å². The van der Waals surface area contributed by atoms with Crippen LogP contribution in [0.5, 0.6) is 17.2 Å². The summed E-state index contributed by atoms with van der Waals surface area (Å²) in [5, 5.41) is 4.51. The van der Waals surface area contributed by atoms with Crippen molar-refractivity contribution in [3.63, 3.8) is 0 Å². The summed E-state index contributed by atoms with van der Waals surface area (Å²) < 4.78 is 15.5. The van der Waals surface area contributed by atoms with E-state index in [1.54, 1.807) is 30.7 Å². The van der Waals surface area contributed by atoms with Crippen LogP contribution in [0, 0.1) is 0 Å². The van der Waals surface area contributed by atoms with E-state index in [9.17, 15) is 4.79 Å². The van der Waals surface area contributed by atoms with E-state index < -0.39 is 0 Å². The molecular formula is C13H12N2O4S. The summed E-state index contributed by atoms with van der Waals surface area (Å²) in [6.45, 7) is 0.161. The number of nitrogens with one attached hydrogen (secondary N) is 1. The van der Waals surface area contributed by atoms with Gasteiger partial charge in [-0.1, -0.05) is 0 Å². The first kappa shape index (κ1) is 12.6. The van der Waals surface area contributed by atoms with Crippen LogP contribution in [0.3, 0.4) is 0 Å². The summed E-state index contributed by atoms with van der Waals surface area (Å²) in [5.74, 6) is 1.55. The molecule has 3 N–H and O–H groups in total. The second kappa shape index (κ2) is 4.93. The third-order valence-corrected chi connectivity index (χ3v) is 3.74. The van der Waals surface area contributed by atoms with Crippen LogP contribution in [-0.2, 0) is 0 Å². The zero-order valence-corrected chi connectivity index (χ0v) is 11.5. The summed E-state index contributed by atoms with van der Waals surface area (Å²) in [7, 11) is 1.56. The fraction of sp³-hybridized carbons (Fsp3) is 0.154. The van der Waals surface area contributed by atoms with Gasteiger partial charge >= 0.3 is 0 Å². The number of fused-ring (bicyclic) bond motifs is 1. The molecule has 0 saturated heterocycles. The van der Waals surface area contributed by atoms with E-state index in [1.165, 1.54) is 11.3 Å². The Kier molecular flexibility index (Phi) is 3.11. The van der Waals surface area contributed by atoms with Crippen LogP contribution in [0.1, 0.15) is 9.67 Å². The van der Waals surface area contributed by atoms with Crippen LogP contribution in [0.4, 0.5) is 11.4 Å². The highest BCUT2D eigenvalue weighted by atomic mass is 32.1. The number of nitrogen functional groups attached to an aromatic ring is 1. The van der Waals surface area contributed by atoms with E-state index >= 15 is 0 Å². The van der Waals surface area contributed by atoms with Gasteiger partial charge in [-0.15, -0.1) is 11.3 Å². The van der Waals surface area contributed by atoms with Gasteiger partial charge in [-0.3, -0.25) is 4.79 Å². The molecule has 1 amide bonds. The molecule has 2 heterocycles. The summed E-state index contributed by atoms with van der Waals surface area (Å²) in [6.07, 6.45) is 0. The van der Waals surface area contributed by atoms with Crippen LogP contribution in [0.25, 0.3) is 0 Å². The molecule has 1 aliphatic heterocycles. The lowest BCUT2D eigenvalue weighted by atomic mass is 10.2. The smallest absolute Gasteiger partial charge is 0.265 e. The highest BCUT2D eigenvalue weighted by Gasteiger charge is 2.18. The maximum absolute atomic E-state index is 12.1. The highest BCUT2D eigenvalue weighted by molar-refractivity contribution is 7.12. The summed E-state index contributed by atoms with van der Waals surface area (Å²) in [6, 6.07) is 4.95. The third-order valence-electron chi connectivity index (χ3n) is 2.83. The molecular weight excluding hydrogens is 280 g/mol. The van der Waals surface area contributed by atoms with Gasteiger partial charge in [0.05, 0.1) is 23.4 Å². The number of hydrogen-bond donors (Lipinski definition) is 2. The Morgan fingerprint density at radius 1 is 1.35 bits per heavy atom. The first-order valence-corrected chi connectivity index (χ1v) is 6.68. The van der Waals surface area contributed by atoms with E-state index in [0.717, 1.165) is 0 Å². The van der Waals surface area contributed by atoms with Crippen molar-refractivity contribution >= 4 is 28.6 Å². The van der Waals surface area contributed by atoms with Crippen molar-refractivity contribution in [2.24, 2.45) is 0 Å². The van der Waals surface area contributed by atoms with Crippen molar-refractivity contribution < 1.29 is 19.0 Å². The Morgan fingerprint density at radius 3 is 2.80 bits per heavy atom. The monoisotopic (exact) mass is 292 g/mol. The van der Waals surface area contributed by atoms with Gasteiger partial charge in [-0.25, -0.2) is 0 Å². The number of thiophene rings is 1. The van der Waals surface area contributed by atoms with E-state index in [-0.39, 0.29) is 12.7 Å². The first-order valence-electron chi connectivity index (χ1n) is 5.80. The largest absolute Gasteiger partial charge is 0.496 e. The SMILES string of the molecule is COc1csc(C(=O)Nc2cc3c(cc2N)OCO3)c1. The number of methoxy groups -OCH3 is 1. The molecule has 0 aliphatic carbocycles. The van der Waals surface area contributed by atoms with Gasteiger partial charge in [0.25, 0.3) is 5.91 Å². The van der Waals surface area contributed by atoms with E-state index in [4.69, 9.17) is 19.9 Å². The number of ether oxygens (including phenoxy) is 3. The molecule has 0 unspecified atom stereocenters. The van der Waals surface area contributed by atoms with E-state index in [1.807, 2.05) is 0 Å².